The topological polar surface area (TPSA) is 82.5 Å². The Labute approximate surface area is 258 Å². The minimum atomic E-state index is -3.48. The molecule has 3 fully saturated rings. The van der Waals surface area contributed by atoms with Crippen molar-refractivity contribution in [2.75, 3.05) is 31.6 Å². The molecule has 236 valence electrons. The monoisotopic (exact) mass is 611 g/mol. The number of rotatable bonds is 8. The number of hydrogen-bond acceptors (Lipinski definition) is 5. The Bertz CT molecular complexity index is 1300. The molecule has 2 N–H and O–H groups in total. The standard InChI is InChI=1S/C35H50FN3O3S/c1-26-20-35(38-32-14-12-31(36)13-15-32)29(24-37)23-34(26)30-22-28(21-27-8-2-3-9-27)10-4-6-17-39(25-30)43(40,41)33-11-5-7-18-42-19-16-33/h12-15,20,23-24,27-28,30,33,37-38H,2-11,16-19,21-22,25H2,1H3/t28?,30-,33?/m1/s1. The first kappa shape index (κ1) is 32.1. The van der Waals surface area contributed by atoms with Crippen molar-refractivity contribution in [1.29, 1.82) is 5.41 Å². The van der Waals surface area contributed by atoms with Crippen LogP contribution in [0, 0.1) is 30.0 Å². The summed E-state index contributed by atoms with van der Waals surface area (Å²) >= 11 is 0. The van der Waals surface area contributed by atoms with Gasteiger partial charge in [0.15, 0.2) is 0 Å². The van der Waals surface area contributed by atoms with Gasteiger partial charge in [0, 0.05) is 49.5 Å². The van der Waals surface area contributed by atoms with Crippen molar-refractivity contribution in [2.45, 2.75) is 102 Å². The molecule has 0 radical (unpaired) electrons. The Morgan fingerprint density at radius 2 is 1.67 bits per heavy atom. The van der Waals surface area contributed by atoms with E-state index in [4.69, 9.17) is 10.1 Å². The number of nitrogens with zero attached hydrogens (tertiary/aromatic N) is 1. The number of hydrogen-bond donors (Lipinski definition) is 2. The SMILES string of the molecule is Cc1cc(Nc2ccc(F)cc2)c(C=N)cc1[C@@H]1CC(CC2CCCC2)CCCCN(S(=O)(=O)C2CCCCOCC2)C1. The second kappa shape index (κ2) is 15.1. The smallest absolute Gasteiger partial charge is 0.217 e. The first-order chi connectivity index (χ1) is 20.8. The number of anilines is 2. The molecule has 0 bridgehead atoms. The largest absolute Gasteiger partial charge is 0.381 e. The normalized spacial score (nSPS) is 25.2. The molecule has 43 heavy (non-hydrogen) atoms. The van der Waals surface area contributed by atoms with E-state index < -0.39 is 10.0 Å². The van der Waals surface area contributed by atoms with E-state index in [1.165, 1.54) is 50.5 Å². The molecular weight excluding hydrogens is 561 g/mol. The highest BCUT2D eigenvalue weighted by molar-refractivity contribution is 7.89. The Balaban J connectivity index is 1.46. The lowest BCUT2D eigenvalue weighted by atomic mass is 9.80. The first-order valence-electron chi connectivity index (χ1n) is 16.6. The molecule has 3 aliphatic rings. The number of ether oxygens (including phenoxy) is 1. The summed E-state index contributed by atoms with van der Waals surface area (Å²) in [5.74, 6) is 1.14. The van der Waals surface area contributed by atoms with Crippen LogP contribution in [0.1, 0.15) is 106 Å². The van der Waals surface area contributed by atoms with Gasteiger partial charge in [0.25, 0.3) is 0 Å². The maximum Gasteiger partial charge on any atom is 0.217 e. The first-order valence-corrected chi connectivity index (χ1v) is 18.1. The molecule has 0 amide bonds. The third-order valence-corrected chi connectivity index (χ3v) is 12.4. The molecule has 2 unspecified atom stereocenters. The van der Waals surface area contributed by atoms with E-state index in [-0.39, 0.29) is 17.0 Å². The van der Waals surface area contributed by atoms with E-state index in [0.717, 1.165) is 79.1 Å². The lowest BCUT2D eigenvalue weighted by Crippen LogP contribution is -2.42. The predicted octanol–water partition coefficient (Wildman–Crippen LogP) is 8.32. The molecule has 2 saturated heterocycles. The summed E-state index contributed by atoms with van der Waals surface area (Å²) in [5.41, 5.74) is 4.55. The molecule has 2 aromatic carbocycles. The van der Waals surface area contributed by atoms with Crippen molar-refractivity contribution in [1.82, 2.24) is 4.31 Å². The summed E-state index contributed by atoms with van der Waals surface area (Å²) in [4.78, 5) is 0. The third kappa shape index (κ3) is 8.46. The van der Waals surface area contributed by atoms with E-state index >= 15 is 0 Å². The Hall–Kier alpha value is -2.29. The molecule has 6 nitrogen and oxygen atoms in total. The number of nitrogens with one attached hydrogen (secondary N) is 2. The van der Waals surface area contributed by atoms with Crippen LogP contribution in [0.5, 0.6) is 0 Å². The van der Waals surface area contributed by atoms with Gasteiger partial charge in [-0.3, -0.25) is 0 Å². The fourth-order valence-electron chi connectivity index (χ4n) is 7.69. The average molecular weight is 612 g/mol. The summed E-state index contributed by atoms with van der Waals surface area (Å²) in [6, 6.07) is 10.4. The van der Waals surface area contributed by atoms with Crippen molar-refractivity contribution in [2.24, 2.45) is 11.8 Å². The number of halogens is 1. The summed E-state index contributed by atoms with van der Waals surface area (Å²) in [5, 5.41) is 11.2. The molecule has 5 rings (SSSR count). The van der Waals surface area contributed by atoms with Crippen molar-refractivity contribution in [3.63, 3.8) is 0 Å². The van der Waals surface area contributed by atoms with Gasteiger partial charge in [-0.25, -0.2) is 17.1 Å². The van der Waals surface area contributed by atoms with E-state index in [2.05, 4.69) is 24.4 Å². The fourth-order valence-corrected chi connectivity index (χ4v) is 9.74. The van der Waals surface area contributed by atoms with Crippen LogP contribution in [-0.4, -0.2) is 50.5 Å². The van der Waals surface area contributed by atoms with E-state index in [9.17, 15) is 12.8 Å². The van der Waals surface area contributed by atoms with Crippen LogP contribution < -0.4 is 5.32 Å². The predicted molar refractivity (Wildman–Crippen MR) is 174 cm³/mol. The van der Waals surface area contributed by atoms with Crippen LogP contribution in [0.2, 0.25) is 0 Å². The van der Waals surface area contributed by atoms with E-state index in [1.807, 2.05) is 4.31 Å². The summed E-state index contributed by atoms with van der Waals surface area (Å²) in [6.45, 7) is 4.40. The Kier molecular flexibility index (Phi) is 11.3. The van der Waals surface area contributed by atoms with E-state index in [1.54, 1.807) is 12.1 Å². The summed E-state index contributed by atoms with van der Waals surface area (Å²) in [6.07, 6.45) is 15.1. The summed E-state index contributed by atoms with van der Waals surface area (Å²) < 4.78 is 49.4. The number of sulfonamides is 1. The minimum Gasteiger partial charge on any atom is -0.381 e. The van der Waals surface area contributed by atoms with Gasteiger partial charge in [0.05, 0.1) is 5.25 Å². The van der Waals surface area contributed by atoms with E-state index in [0.29, 0.717) is 38.5 Å². The molecule has 0 spiro atoms. The van der Waals surface area contributed by atoms with Gasteiger partial charge in [-0.2, -0.15) is 0 Å². The molecule has 1 aliphatic carbocycles. The van der Waals surface area contributed by atoms with Crippen molar-refractivity contribution >= 4 is 27.6 Å². The van der Waals surface area contributed by atoms with Gasteiger partial charge >= 0.3 is 0 Å². The van der Waals surface area contributed by atoms with Crippen molar-refractivity contribution < 1.29 is 17.5 Å². The highest BCUT2D eigenvalue weighted by atomic mass is 32.2. The molecule has 1 saturated carbocycles. The zero-order valence-electron chi connectivity index (χ0n) is 25.8. The van der Waals surface area contributed by atoms with Gasteiger partial charge in [0.1, 0.15) is 5.82 Å². The second-order valence-corrected chi connectivity index (χ2v) is 15.4. The van der Waals surface area contributed by atoms with Crippen LogP contribution in [0.4, 0.5) is 15.8 Å². The zero-order valence-corrected chi connectivity index (χ0v) is 26.6. The van der Waals surface area contributed by atoms with Gasteiger partial charge in [0.2, 0.25) is 10.0 Å². The van der Waals surface area contributed by atoms with Gasteiger partial charge in [-0.1, -0.05) is 38.5 Å². The lowest BCUT2D eigenvalue weighted by molar-refractivity contribution is 0.116. The molecule has 2 aromatic rings. The van der Waals surface area contributed by atoms with Crippen LogP contribution in [0.15, 0.2) is 36.4 Å². The van der Waals surface area contributed by atoms with Gasteiger partial charge < -0.3 is 15.5 Å². The average Bonchev–Trinajstić information content (AvgIpc) is 3.50. The van der Waals surface area contributed by atoms with Gasteiger partial charge in [-0.15, -0.1) is 0 Å². The minimum absolute atomic E-state index is 0.0580. The van der Waals surface area contributed by atoms with Crippen molar-refractivity contribution in [3.8, 4) is 0 Å². The van der Waals surface area contributed by atoms with Crippen molar-refractivity contribution in [3.05, 3.63) is 58.9 Å². The number of aryl methyl sites for hydroxylation is 1. The highest BCUT2D eigenvalue weighted by Gasteiger charge is 2.36. The maximum atomic E-state index is 14.2. The second-order valence-electron chi connectivity index (χ2n) is 13.2. The van der Waals surface area contributed by atoms with Crippen LogP contribution in [-0.2, 0) is 14.8 Å². The maximum absolute atomic E-state index is 14.2. The third-order valence-electron chi connectivity index (χ3n) is 10.0. The molecule has 8 heteroatoms. The molecular formula is C35H50FN3O3S. The Morgan fingerprint density at radius 1 is 0.953 bits per heavy atom. The number of benzene rings is 2. The molecule has 2 heterocycles. The Morgan fingerprint density at radius 3 is 2.44 bits per heavy atom. The lowest BCUT2D eigenvalue weighted by Gasteiger charge is -2.33. The van der Waals surface area contributed by atoms with Crippen LogP contribution in [0.25, 0.3) is 0 Å². The summed E-state index contributed by atoms with van der Waals surface area (Å²) in [7, 11) is -3.48. The molecule has 0 aromatic heterocycles. The zero-order chi connectivity index (χ0) is 30.2. The van der Waals surface area contributed by atoms with Gasteiger partial charge in [-0.05, 0) is 117 Å². The highest BCUT2D eigenvalue weighted by Crippen LogP contribution is 2.40. The van der Waals surface area contributed by atoms with Crippen LogP contribution in [0.3, 0.4) is 0 Å². The fraction of sp³-hybridized carbons (Fsp3) is 0.629. The quantitative estimate of drug-likeness (QED) is 0.294. The molecule has 3 atom stereocenters. The molecule has 2 aliphatic heterocycles. The van der Waals surface area contributed by atoms with Crippen LogP contribution >= 0.6 is 0 Å².